The summed E-state index contributed by atoms with van der Waals surface area (Å²) in [5.74, 6) is 1.99. The Bertz CT molecular complexity index is 960. The summed E-state index contributed by atoms with van der Waals surface area (Å²) in [6.07, 6.45) is 3.25. The molecule has 6 nitrogen and oxygen atoms in total. The maximum atomic E-state index is 12.4. The van der Waals surface area contributed by atoms with Crippen LogP contribution in [0.5, 0.6) is 0 Å². The molecular weight excluding hydrogens is 414 g/mol. The van der Waals surface area contributed by atoms with Crippen LogP contribution in [0.4, 0.5) is 11.4 Å². The van der Waals surface area contributed by atoms with E-state index in [0.717, 1.165) is 42.1 Å². The Balaban J connectivity index is 1.27. The first kappa shape index (κ1) is 20.9. The minimum absolute atomic E-state index is 0.0395. The van der Waals surface area contributed by atoms with Crippen LogP contribution in [0.1, 0.15) is 30.5 Å². The zero-order chi connectivity index (χ0) is 20.9. The topological polar surface area (TPSA) is 63.1 Å². The van der Waals surface area contributed by atoms with Gasteiger partial charge in [0, 0.05) is 42.8 Å². The van der Waals surface area contributed by atoms with Crippen LogP contribution in [0.2, 0.25) is 0 Å². The van der Waals surface area contributed by atoms with Crippen LogP contribution in [0.3, 0.4) is 0 Å². The highest BCUT2D eigenvalue weighted by Crippen LogP contribution is 2.24. The monoisotopic (exact) mass is 441 g/mol. The first-order valence-corrected chi connectivity index (χ1v) is 12.1. The van der Waals surface area contributed by atoms with Gasteiger partial charge in [0.2, 0.25) is 5.91 Å². The van der Waals surface area contributed by atoms with Crippen molar-refractivity contribution in [1.82, 2.24) is 14.8 Å². The lowest BCUT2D eigenvalue weighted by atomic mass is 9.99. The highest BCUT2D eigenvalue weighted by atomic mass is 32.2. The molecule has 0 bridgehead atoms. The fourth-order valence-electron chi connectivity index (χ4n) is 3.54. The summed E-state index contributed by atoms with van der Waals surface area (Å²) in [6.45, 7) is 4.53. The zero-order valence-electron chi connectivity index (χ0n) is 17.4. The van der Waals surface area contributed by atoms with E-state index in [9.17, 15) is 4.79 Å². The van der Waals surface area contributed by atoms with Crippen LogP contribution in [0.25, 0.3) is 0 Å². The van der Waals surface area contributed by atoms with Crippen molar-refractivity contribution in [2.24, 2.45) is 13.0 Å². The second kappa shape index (κ2) is 9.66. The molecule has 3 aromatic rings. The molecule has 1 aliphatic rings. The number of hydrogen-bond acceptors (Lipinski definition) is 6. The van der Waals surface area contributed by atoms with Crippen LogP contribution in [-0.2, 0) is 18.3 Å². The third kappa shape index (κ3) is 5.23. The number of nitrogens with zero attached hydrogens (tertiary/aromatic N) is 4. The standard InChI is InChI=1S/C22H27N5OS2/c1-16-9-11-27(12-10-16)18-7-5-17(6-8-18)23-21(28)15-30-22-25-24-20(26(22)2)14-19-4-3-13-29-19/h3-8,13,16H,9-12,14-15H2,1-2H3,(H,23,28). The minimum Gasteiger partial charge on any atom is -0.372 e. The third-order valence-corrected chi connectivity index (χ3v) is 7.37. The number of hydrogen-bond donors (Lipinski definition) is 1. The lowest BCUT2D eigenvalue weighted by Gasteiger charge is -2.32. The van der Waals surface area contributed by atoms with E-state index in [4.69, 9.17) is 0 Å². The Kier molecular flexibility index (Phi) is 6.74. The summed E-state index contributed by atoms with van der Waals surface area (Å²) >= 11 is 3.12. The Hall–Kier alpha value is -2.32. The molecule has 1 amide bonds. The number of piperidine rings is 1. The van der Waals surface area contributed by atoms with Gasteiger partial charge in [0.1, 0.15) is 5.82 Å². The number of anilines is 2. The van der Waals surface area contributed by atoms with Gasteiger partial charge in [-0.3, -0.25) is 4.79 Å². The first-order valence-electron chi connectivity index (χ1n) is 10.3. The molecule has 1 aromatic carbocycles. The molecule has 1 aliphatic heterocycles. The molecule has 3 heterocycles. The van der Waals surface area contributed by atoms with Gasteiger partial charge in [-0.2, -0.15) is 0 Å². The number of nitrogens with one attached hydrogen (secondary N) is 1. The smallest absolute Gasteiger partial charge is 0.234 e. The summed E-state index contributed by atoms with van der Waals surface area (Å²) in [7, 11) is 1.95. The van der Waals surface area contributed by atoms with E-state index < -0.39 is 0 Å². The highest BCUT2D eigenvalue weighted by Gasteiger charge is 2.16. The van der Waals surface area contributed by atoms with Crippen LogP contribution in [0, 0.1) is 5.92 Å². The van der Waals surface area contributed by atoms with Crippen molar-refractivity contribution in [3.8, 4) is 0 Å². The molecule has 0 radical (unpaired) electrons. The Labute approximate surface area is 185 Å². The average Bonchev–Trinajstić information content (AvgIpc) is 3.39. The number of carbonyl (C=O) groups is 1. The van der Waals surface area contributed by atoms with E-state index in [0.29, 0.717) is 5.75 Å². The molecule has 0 saturated carbocycles. The summed E-state index contributed by atoms with van der Waals surface area (Å²) in [6, 6.07) is 12.3. The molecule has 2 aromatic heterocycles. The van der Waals surface area contributed by atoms with E-state index in [1.165, 1.54) is 35.2 Å². The second-order valence-corrected chi connectivity index (χ2v) is 9.74. The van der Waals surface area contributed by atoms with Crippen molar-refractivity contribution in [2.45, 2.75) is 31.3 Å². The molecule has 0 aliphatic carbocycles. The number of amides is 1. The Morgan fingerprint density at radius 1 is 1.20 bits per heavy atom. The van der Waals surface area contributed by atoms with E-state index in [1.54, 1.807) is 11.3 Å². The molecular formula is C22H27N5OS2. The minimum atomic E-state index is -0.0395. The maximum absolute atomic E-state index is 12.4. The van der Waals surface area contributed by atoms with Gasteiger partial charge in [0.15, 0.2) is 5.16 Å². The molecule has 30 heavy (non-hydrogen) atoms. The lowest BCUT2D eigenvalue weighted by molar-refractivity contribution is -0.113. The van der Waals surface area contributed by atoms with Crippen LogP contribution in [-0.4, -0.2) is 39.5 Å². The average molecular weight is 442 g/mol. The SMILES string of the molecule is CC1CCN(c2ccc(NC(=O)CSc3nnc(Cc4cccs4)n3C)cc2)CC1. The van der Waals surface area contributed by atoms with E-state index in [-0.39, 0.29) is 5.91 Å². The molecule has 8 heteroatoms. The van der Waals surface area contributed by atoms with Crippen molar-refractivity contribution in [2.75, 3.05) is 29.1 Å². The van der Waals surface area contributed by atoms with E-state index >= 15 is 0 Å². The molecule has 1 fully saturated rings. The number of rotatable bonds is 7. The van der Waals surface area contributed by atoms with E-state index in [2.05, 4.69) is 50.9 Å². The van der Waals surface area contributed by atoms with Crippen LogP contribution in [0.15, 0.2) is 46.9 Å². The summed E-state index contributed by atoms with van der Waals surface area (Å²) in [4.78, 5) is 16.1. The summed E-state index contributed by atoms with van der Waals surface area (Å²) < 4.78 is 1.96. The van der Waals surface area contributed by atoms with Gasteiger partial charge in [0.05, 0.1) is 5.75 Å². The van der Waals surface area contributed by atoms with Gasteiger partial charge in [0.25, 0.3) is 0 Å². The fourth-order valence-corrected chi connectivity index (χ4v) is 4.97. The van der Waals surface area contributed by atoms with Gasteiger partial charge in [-0.25, -0.2) is 0 Å². The third-order valence-electron chi connectivity index (χ3n) is 5.47. The van der Waals surface area contributed by atoms with Crippen molar-refractivity contribution in [1.29, 1.82) is 0 Å². The quantitative estimate of drug-likeness (QED) is 0.550. The molecule has 1 N–H and O–H groups in total. The van der Waals surface area contributed by atoms with E-state index in [1.807, 2.05) is 29.8 Å². The number of benzene rings is 1. The molecule has 0 spiro atoms. The van der Waals surface area contributed by atoms with Gasteiger partial charge in [-0.05, 0) is 54.5 Å². The zero-order valence-corrected chi connectivity index (χ0v) is 19.0. The number of thiophene rings is 1. The summed E-state index contributed by atoms with van der Waals surface area (Å²) in [5.41, 5.74) is 2.05. The van der Waals surface area contributed by atoms with Crippen LogP contribution >= 0.6 is 23.1 Å². The van der Waals surface area contributed by atoms with Crippen molar-refractivity contribution >= 4 is 40.4 Å². The summed E-state index contributed by atoms with van der Waals surface area (Å²) in [5, 5.41) is 14.3. The normalized spacial score (nSPS) is 14.8. The highest BCUT2D eigenvalue weighted by molar-refractivity contribution is 7.99. The number of carbonyl (C=O) groups excluding carboxylic acids is 1. The Morgan fingerprint density at radius 3 is 2.67 bits per heavy atom. The Morgan fingerprint density at radius 2 is 1.97 bits per heavy atom. The van der Waals surface area contributed by atoms with Gasteiger partial charge in [-0.1, -0.05) is 24.8 Å². The molecule has 0 atom stereocenters. The van der Waals surface area contributed by atoms with Gasteiger partial charge >= 0.3 is 0 Å². The molecule has 4 rings (SSSR count). The molecule has 0 unspecified atom stereocenters. The number of aromatic nitrogens is 3. The van der Waals surface area contributed by atoms with Gasteiger partial charge in [-0.15, -0.1) is 21.5 Å². The molecule has 1 saturated heterocycles. The maximum Gasteiger partial charge on any atom is 0.234 e. The largest absolute Gasteiger partial charge is 0.372 e. The predicted octanol–water partition coefficient (Wildman–Crippen LogP) is 4.43. The van der Waals surface area contributed by atoms with Gasteiger partial charge < -0.3 is 14.8 Å². The van der Waals surface area contributed by atoms with Crippen molar-refractivity contribution < 1.29 is 4.79 Å². The fraction of sp³-hybridized carbons (Fsp3) is 0.409. The molecule has 158 valence electrons. The second-order valence-electron chi connectivity index (χ2n) is 7.77. The predicted molar refractivity (Wildman–Crippen MR) is 125 cm³/mol. The van der Waals surface area contributed by atoms with Crippen LogP contribution < -0.4 is 10.2 Å². The lowest BCUT2D eigenvalue weighted by Crippen LogP contribution is -2.32. The number of thioether (sulfide) groups is 1. The first-order chi connectivity index (χ1) is 14.6. The van der Waals surface area contributed by atoms with Crippen molar-refractivity contribution in [3.63, 3.8) is 0 Å². The van der Waals surface area contributed by atoms with Crippen molar-refractivity contribution in [3.05, 3.63) is 52.5 Å².